The number of fused-ring (bicyclic) bond motifs is 1. The lowest BCUT2D eigenvalue weighted by Gasteiger charge is -2.17. The molecular formula is C21H27N5O2. The first-order valence-corrected chi connectivity index (χ1v) is 9.48. The lowest BCUT2D eigenvalue weighted by Crippen LogP contribution is -2.38. The molecule has 2 aromatic heterocycles. The molecule has 1 atom stereocenters. The number of benzene rings is 1. The van der Waals surface area contributed by atoms with E-state index < -0.39 is 6.09 Å². The van der Waals surface area contributed by atoms with Crippen LogP contribution in [0.5, 0.6) is 0 Å². The predicted octanol–water partition coefficient (Wildman–Crippen LogP) is 4.18. The molecule has 0 spiro atoms. The summed E-state index contributed by atoms with van der Waals surface area (Å²) in [5, 5.41) is 7.16. The molecule has 3 rings (SSSR count). The molecule has 0 saturated carbocycles. The van der Waals surface area contributed by atoms with E-state index in [0.717, 1.165) is 33.7 Å². The van der Waals surface area contributed by atoms with E-state index in [1.807, 2.05) is 65.0 Å². The van der Waals surface area contributed by atoms with Gasteiger partial charge < -0.3 is 20.4 Å². The van der Waals surface area contributed by atoms with Crippen molar-refractivity contribution in [2.45, 2.75) is 46.8 Å². The molecule has 0 bridgehead atoms. The van der Waals surface area contributed by atoms with E-state index in [0.29, 0.717) is 12.4 Å². The van der Waals surface area contributed by atoms with E-state index in [1.54, 1.807) is 0 Å². The predicted molar refractivity (Wildman–Crippen MR) is 112 cm³/mol. The number of carbonyl (C=O) groups is 1. The van der Waals surface area contributed by atoms with Crippen LogP contribution in [0.1, 0.15) is 32.0 Å². The van der Waals surface area contributed by atoms with Gasteiger partial charge in [-0.15, -0.1) is 0 Å². The smallest absolute Gasteiger partial charge is 0.407 e. The normalized spacial score (nSPS) is 12.2. The Balaban J connectivity index is 1.86. The number of carbonyl (C=O) groups excluding carboxylic acids is 1. The summed E-state index contributed by atoms with van der Waals surface area (Å²) in [6.45, 7) is 10.1. The number of H-pyrrole nitrogens is 1. The third-order valence-corrected chi connectivity index (χ3v) is 4.47. The number of amides is 1. The van der Waals surface area contributed by atoms with Crippen molar-refractivity contribution in [2.75, 3.05) is 11.9 Å². The molecule has 3 aromatic rings. The highest BCUT2D eigenvalue weighted by Gasteiger charge is 2.16. The highest BCUT2D eigenvalue weighted by Crippen LogP contribution is 2.29. The maximum atomic E-state index is 11.8. The third-order valence-electron chi connectivity index (χ3n) is 4.47. The largest absolute Gasteiger partial charge is 0.447 e. The van der Waals surface area contributed by atoms with Crippen LogP contribution in [0.15, 0.2) is 30.3 Å². The lowest BCUT2D eigenvalue weighted by molar-refractivity contribution is 0.113. The molecule has 1 amide bonds. The Bertz CT molecular complexity index is 966. The van der Waals surface area contributed by atoms with Crippen LogP contribution < -0.4 is 10.6 Å². The van der Waals surface area contributed by atoms with E-state index in [-0.39, 0.29) is 12.1 Å². The minimum Gasteiger partial charge on any atom is -0.447 e. The molecule has 0 aliphatic carbocycles. The highest BCUT2D eigenvalue weighted by molar-refractivity contribution is 5.92. The monoisotopic (exact) mass is 381 g/mol. The van der Waals surface area contributed by atoms with Crippen molar-refractivity contribution >= 4 is 22.9 Å². The molecule has 7 nitrogen and oxygen atoms in total. The average molecular weight is 381 g/mol. The third kappa shape index (κ3) is 4.42. The number of alkyl carbamates (subject to hydrolysis) is 1. The van der Waals surface area contributed by atoms with Crippen molar-refractivity contribution in [2.24, 2.45) is 0 Å². The second-order valence-electron chi connectivity index (χ2n) is 7.24. The number of aromatic amines is 1. The van der Waals surface area contributed by atoms with Gasteiger partial charge in [-0.05, 0) is 40.2 Å². The van der Waals surface area contributed by atoms with Gasteiger partial charge >= 0.3 is 6.09 Å². The molecule has 0 unspecified atom stereocenters. The topological polar surface area (TPSA) is 91.9 Å². The van der Waals surface area contributed by atoms with Crippen molar-refractivity contribution in [3.63, 3.8) is 0 Å². The SMILES string of the molecule is Cc1[nH]c2nc(-c3ccccc3)nc(NC[C@H](C)NC(=O)OC(C)C)c2c1C. The minimum atomic E-state index is -0.421. The van der Waals surface area contributed by atoms with Crippen LogP contribution >= 0.6 is 0 Å². The van der Waals surface area contributed by atoms with E-state index in [2.05, 4.69) is 15.6 Å². The van der Waals surface area contributed by atoms with Crippen LogP contribution in [0.4, 0.5) is 10.6 Å². The van der Waals surface area contributed by atoms with Crippen molar-refractivity contribution in [3.8, 4) is 11.4 Å². The van der Waals surface area contributed by atoms with Crippen molar-refractivity contribution in [3.05, 3.63) is 41.6 Å². The first-order chi connectivity index (χ1) is 13.3. The summed E-state index contributed by atoms with van der Waals surface area (Å²) in [4.78, 5) is 24.6. The van der Waals surface area contributed by atoms with Crippen LogP contribution in [0, 0.1) is 13.8 Å². The van der Waals surface area contributed by atoms with Crippen molar-refractivity contribution in [1.82, 2.24) is 20.3 Å². The minimum absolute atomic E-state index is 0.128. The summed E-state index contributed by atoms with van der Waals surface area (Å²) in [7, 11) is 0. The van der Waals surface area contributed by atoms with E-state index >= 15 is 0 Å². The van der Waals surface area contributed by atoms with Gasteiger partial charge in [0.25, 0.3) is 0 Å². The van der Waals surface area contributed by atoms with Crippen LogP contribution in [-0.4, -0.2) is 39.7 Å². The van der Waals surface area contributed by atoms with Crippen LogP contribution in [-0.2, 0) is 4.74 Å². The molecule has 0 saturated heterocycles. The first kappa shape index (κ1) is 19.7. The Morgan fingerprint density at radius 3 is 2.54 bits per heavy atom. The van der Waals surface area contributed by atoms with Gasteiger partial charge in [0.1, 0.15) is 11.5 Å². The van der Waals surface area contributed by atoms with Gasteiger partial charge in [0.05, 0.1) is 11.5 Å². The highest BCUT2D eigenvalue weighted by atomic mass is 16.6. The zero-order chi connectivity index (χ0) is 20.3. The number of aromatic nitrogens is 3. The number of anilines is 1. The molecule has 1 aromatic carbocycles. The summed E-state index contributed by atoms with van der Waals surface area (Å²) in [6, 6.07) is 9.74. The second kappa shape index (κ2) is 8.29. The number of hydrogen-bond acceptors (Lipinski definition) is 5. The molecule has 2 heterocycles. The van der Waals surface area contributed by atoms with Gasteiger partial charge in [-0.3, -0.25) is 0 Å². The molecule has 0 fully saturated rings. The van der Waals surface area contributed by atoms with E-state index in [1.165, 1.54) is 0 Å². The Kier molecular flexibility index (Phi) is 5.82. The molecule has 0 aliphatic rings. The number of nitrogens with zero attached hydrogens (tertiary/aromatic N) is 2. The lowest BCUT2D eigenvalue weighted by atomic mass is 10.2. The Hall–Kier alpha value is -3.09. The fraction of sp³-hybridized carbons (Fsp3) is 0.381. The number of ether oxygens (including phenoxy) is 1. The maximum Gasteiger partial charge on any atom is 0.407 e. The van der Waals surface area contributed by atoms with Crippen LogP contribution in [0.2, 0.25) is 0 Å². The molecule has 0 aliphatic heterocycles. The van der Waals surface area contributed by atoms with Gasteiger partial charge in [-0.1, -0.05) is 30.3 Å². The van der Waals surface area contributed by atoms with Crippen LogP contribution in [0.3, 0.4) is 0 Å². The van der Waals surface area contributed by atoms with E-state index in [4.69, 9.17) is 14.7 Å². The zero-order valence-electron chi connectivity index (χ0n) is 17.0. The molecule has 28 heavy (non-hydrogen) atoms. The van der Waals surface area contributed by atoms with Gasteiger partial charge in [-0.2, -0.15) is 0 Å². The standard InChI is InChI=1S/C21H27N5O2/c1-12(2)28-21(27)23-13(3)11-22-19-17-14(4)15(5)24-20(17)26-18(25-19)16-9-7-6-8-10-16/h6-10,12-13H,11H2,1-5H3,(H,23,27)(H2,22,24,25,26)/t13-/m0/s1. The molecular weight excluding hydrogens is 354 g/mol. The summed E-state index contributed by atoms with van der Waals surface area (Å²) in [5.41, 5.74) is 3.91. The van der Waals surface area contributed by atoms with E-state index in [9.17, 15) is 4.79 Å². The second-order valence-corrected chi connectivity index (χ2v) is 7.24. The quantitative estimate of drug-likeness (QED) is 0.596. The van der Waals surface area contributed by atoms with Crippen molar-refractivity contribution < 1.29 is 9.53 Å². The number of nitrogens with one attached hydrogen (secondary N) is 3. The summed E-state index contributed by atoms with van der Waals surface area (Å²) >= 11 is 0. The van der Waals surface area contributed by atoms with Gasteiger partial charge in [0, 0.05) is 23.8 Å². The van der Waals surface area contributed by atoms with Crippen molar-refractivity contribution in [1.29, 1.82) is 0 Å². The Morgan fingerprint density at radius 2 is 1.86 bits per heavy atom. The fourth-order valence-electron chi connectivity index (χ4n) is 2.96. The average Bonchev–Trinajstić information content (AvgIpc) is 2.93. The molecule has 148 valence electrons. The number of rotatable bonds is 6. The van der Waals surface area contributed by atoms with Gasteiger partial charge in [0.2, 0.25) is 0 Å². The van der Waals surface area contributed by atoms with Gasteiger partial charge in [0.15, 0.2) is 5.82 Å². The molecule has 3 N–H and O–H groups in total. The molecule has 0 radical (unpaired) electrons. The number of aryl methyl sites for hydroxylation is 2. The summed E-state index contributed by atoms with van der Waals surface area (Å²) in [6.07, 6.45) is -0.573. The summed E-state index contributed by atoms with van der Waals surface area (Å²) < 4.78 is 5.13. The van der Waals surface area contributed by atoms with Gasteiger partial charge in [-0.25, -0.2) is 14.8 Å². The number of hydrogen-bond donors (Lipinski definition) is 3. The fourth-order valence-corrected chi connectivity index (χ4v) is 2.96. The Labute approximate surface area is 164 Å². The maximum absolute atomic E-state index is 11.8. The van der Waals surface area contributed by atoms with Crippen LogP contribution in [0.25, 0.3) is 22.4 Å². The Morgan fingerprint density at radius 1 is 1.14 bits per heavy atom. The molecule has 7 heteroatoms. The zero-order valence-corrected chi connectivity index (χ0v) is 17.0. The summed E-state index contributed by atoms with van der Waals surface area (Å²) in [5.74, 6) is 1.40. The first-order valence-electron chi connectivity index (χ1n) is 9.48.